The first-order valence-corrected chi connectivity index (χ1v) is 13.0. The Hall–Kier alpha value is -2.89. The maximum absolute atomic E-state index is 13.6. The fourth-order valence-electron chi connectivity index (χ4n) is 3.39. The number of aliphatic hydroxyl groups is 1. The molecule has 0 spiro atoms. The van der Waals surface area contributed by atoms with Crippen LogP contribution < -0.4 is 4.31 Å². The predicted molar refractivity (Wildman–Crippen MR) is 132 cm³/mol. The van der Waals surface area contributed by atoms with Crippen LogP contribution in [0, 0.1) is 5.82 Å². The zero-order valence-corrected chi connectivity index (χ0v) is 21.3. The van der Waals surface area contributed by atoms with Crippen LogP contribution in [0.3, 0.4) is 0 Å². The first kappa shape index (κ1) is 28.3. The van der Waals surface area contributed by atoms with Crippen LogP contribution in [0.15, 0.2) is 30.3 Å². The monoisotopic (exact) mass is 509 g/mol. The van der Waals surface area contributed by atoms with Crippen molar-refractivity contribution >= 4 is 28.0 Å². The molecule has 0 aliphatic rings. The number of anilines is 1. The zero-order valence-electron chi connectivity index (χ0n) is 20.5. The third kappa shape index (κ3) is 8.08. The minimum atomic E-state index is -3.64. The number of ether oxygens (including phenoxy) is 1. The minimum absolute atomic E-state index is 0.0360. The SMILES string of the molecule is CCO[C@@H](CC(=O)O)C[C@H](O)/C=C/c1c(-c2ccc(F)cc2)nc(N(C)S(C)(=O)=O)nc1C(C)C. The quantitative estimate of drug-likeness (QED) is 0.445. The standard InChI is InChI=1S/C24H32FN3O6S/c1-6-34-19(14-21(30)31)13-18(29)11-12-20-22(15(2)3)26-24(28(4)35(5,32)33)27-23(20)16-7-9-17(25)10-8-16/h7-12,15,18-19,29H,6,13-14H2,1-5H3,(H,30,31)/b12-11+/t18-,19-/m1/s1. The van der Waals surface area contributed by atoms with Gasteiger partial charge in [-0.25, -0.2) is 27.1 Å². The largest absolute Gasteiger partial charge is 0.481 e. The maximum atomic E-state index is 13.6. The van der Waals surface area contributed by atoms with Gasteiger partial charge in [0.2, 0.25) is 16.0 Å². The molecule has 35 heavy (non-hydrogen) atoms. The predicted octanol–water partition coefficient (Wildman–Crippen LogP) is 3.45. The van der Waals surface area contributed by atoms with Crippen molar-refractivity contribution in [2.75, 3.05) is 24.2 Å². The van der Waals surface area contributed by atoms with E-state index in [0.717, 1.165) is 10.6 Å². The van der Waals surface area contributed by atoms with Gasteiger partial charge in [0.05, 0.1) is 36.3 Å². The lowest BCUT2D eigenvalue weighted by Gasteiger charge is -2.21. The van der Waals surface area contributed by atoms with E-state index in [0.29, 0.717) is 29.1 Å². The summed E-state index contributed by atoms with van der Waals surface area (Å²) in [5.74, 6) is -1.65. The Morgan fingerprint density at radius 1 is 1.23 bits per heavy atom. The molecule has 0 bridgehead atoms. The zero-order chi connectivity index (χ0) is 26.3. The normalized spacial score (nSPS) is 13.8. The molecule has 2 N–H and O–H groups in total. The number of sulfonamides is 1. The van der Waals surface area contributed by atoms with Gasteiger partial charge in [-0.2, -0.15) is 0 Å². The summed E-state index contributed by atoms with van der Waals surface area (Å²) in [6, 6.07) is 5.59. The molecule has 0 saturated carbocycles. The lowest BCUT2D eigenvalue weighted by Crippen LogP contribution is -2.27. The molecule has 0 amide bonds. The van der Waals surface area contributed by atoms with Crippen molar-refractivity contribution in [3.05, 3.63) is 47.4 Å². The highest BCUT2D eigenvalue weighted by Crippen LogP contribution is 2.31. The number of hydrogen-bond acceptors (Lipinski definition) is 7. The van der Waals surface area contributed by atoms with Crippen molar-refractivity contribution in [3.63, 3.8) is 0 Å². The number of benzene rings is 1. The average Bonchev–Trinajstić information content (AvgIpc) is 2.76. The number of halogens is 1. The third-order valence-corrected chi connectivity index (χ3v) is 6.36. The molecule has 11 heteroatoms. The summed E-state index contributed by atoms with van der Waals surface area (Å²) in [5.41, 5.74) is 1.96. The molecule has 2 atom stereocenters. The molecule has 1 aromatic heterocycles. The third-order valence-electron chi connectivity index (χ3n) is 5.20. The van der Waals surface area contributed by atoms with Gasteiger partial charge in [0.1, 0.15) is 5.82 Å². The second kappa shape index (κ2) is 12.2. The van der Waals surface area contributed by atoms with Crippen molar-refractivity contribution in [3.8, 4) is 11.3 Å². The van der Waals surface area contributed by atoms with E-state index < -0.39 is 34.0 Å². The van der Waals surface area contributed by atoms with Gasteiger partial charge in [-0.3, -0.25) is 4.79 Å². The highest BCUT2D eigenvalue weighted by molar-refractivity contribution is 7.92. The van der Waals surface area contributed by atoms with Crippen molar-refractivity contribution in [2.45, 2.75) is 51.7 Å². The Balaban J connectivity index is 2.59. The average molecular weight is 510 g/mol. The van der Waals surface area contributed by atoms with E-state index in [1.165, 1.54) is 37.4 Å². The van der Waals surface area contributed by atoms with E-state index in [4.69, 9.17) is 9.84 Å². The van der Waals surface area contributed by atoms with Crippen molar-refractivity contribution in [2.24, 2.45) is 0 Å². The van der Waals surface area contributed by atoms with Gasteiger partial charge in [-0.1, -0.05) is 26.0 Å². The van der Waals surface area contributed by atoms with E-state index in [1.54, 1.807) is 13.0 Å². The summed E-state index contributed by atoms with van der Waals surface area (Å²) in [7, 11) is -2.30. The molecule has 0 saturated heterocycles. The highest BCUT2D eigenvalue weighted by Gasteiger charge is 2.23. The summed E-state index contributed by atoms with van der Waals surface area (Å²) in [5, 5.41) is 19.6. The van der Waals surface area contributed by atoms with Gasteiger partial charge in [0, 0.05) is 31.2 Å². The molecule has 2 aromatic rings. The van der Waals surface area contributed by atoms with Crippen LogP contribution in [0.25, 0.3) is 17.3 Å². The second-order valence-corrected chi connectivity index (χ2v) is 10.4. The number of nitrogens with zero attached hydrogens (tertiary/aromatic N) is 3. The fourth-order valence-corrected chi connectivity index (χ4v) is 3.77. The van der Waals surface area contributed by atoms with Crippen LogP contribution in [-0.2, 0) is 19.6 Å². The topological polar surface area (TPSA) is 130 Å². The summed E-state index contributed by atoms with van der Waals surface area (Å²) in [6.07, 6.45) is 2.28. The Kier molecular flexibility index (Phi) is 9.87. The molecule has 9 nitrogen and oxygen atoms in total. The number of aliphatic carboxylic acids is 1. The Labute approximate surface area is 205 Å². The van der Waals surface area contributed by atoms with E-state index in [1.807, 2.05) is 13.8 Å². The first-order chi connectivity index (χ1) is 16.3. The van der Waals surface area contributed by atoms with Gasteiger partial charge in [-0.05, 0) is 37.1 Å². The summed E-state index contributed by atoms with van der Waals surface area (Å²) in [6.45, 7) is 5.82. The van der Waals surface area contributed by atoms with E-state index in [2.05, 4.69) is 9.97 Å². The van der Waals surface area contributed by atoms with Gasteiger partial charge < -0.3 is 14.9 Å². The number of aromatic nitrogens is 2. The van der Waals surface area contributed by atoms with Gasteiger partial charge >= 0.3 is 5.97 Å². The van der Waals surface area contributed by atoms with Crippen LogP contribution >= 0.6 is 0 Å². The number of carboxylic acids is 1. The van der Waals surface area contributed by atoms with Gasteiger partial charge in [-0.15, -0.1) is 0 Å². The second-order valence-electron chi connectivity index (χ2n) is 8.40. The highest BCUT2D eigenvalue weighted by atomic mass is 32.2. The number of rotatable bonds is 12. The van der Waals surface area contributed by atoms with Crippen molar-refractivity contribution in [1.82, 2.24) is 9.97 Å². The van der Waals surface area contributed by atoms with E-state index in [-0.39, 0.29) is 24.7 Å². The van der Waals surface area contributed by atoms with E-state index >= 15 is 0 Å². The summed E-state index contributed by atoms with van der Waals surface area (Å²) in [4.78, 5) is 20.0. The molecule has 0 aliphatic heterocycles. The number of hydrogen-bond donors (Lipinski definition) is 2. The Morgan fingerprint density at radius 2 is 1.86 bits per heavy atom. The van der Waals surface area contributed by atoms with Crippen LogP contribution in [0.2, 0.25) is 0 Å². The van der Waals surface area contributed by atoms with Gasteiger partial charge in [0.15, 0.2) is 0 Å². The van der Waals surface area contributed by atoms with Crippen LogP contribution in [-0.4, -0.2) is 66.7 Å². The number of carbonyl (C=O) groups is 1. The molecular formula is C24H32FN3O6S. The first-order valence-electron chi connectivity index (χ1n) is 11.1. The van der Waals surface area contributed by atoms with E-state index in [9.17, 15) is 22.7 Å². The molecule has 192 valence electrons. The molecular weight excluding hydrogens is 477 g/mol. The smallest absolute Gasteiger partial charge is 0.305 e. The molecule has 0 fully saturated rings. The lowest BCUT2D eigenvalue weighted by molar-refractivity contribution is -0.140. The number of aliphatic hydroxyl groups excluding tert-OH is 1. The van der Waals surface area contributed by atoms with Crippen LogP contribution in [0.4, 0.5) is 10.3 Å². The summed E-state index contributed by atoms with van der Waals surface area (Å²) >= 11 is 0. The number of carboxylic acid groups (broad SMARTS) is 1. The molecule has 1 aromatic carbocycles. The Bertz CT molecular complexity index is 1150. The molecule has 1 heterocycles. The molecule has 0 radical (unpaired) electrons. The van der Waals surface area contributed by atoms with Crippen LogP contribution in [0.5, 0.6) is 0 Å². The fraction of sp³-hybridized carbons (Fsp3) is 0.458. The van der Waals surface area contributed by atoms with Crippen molar-refractivity contribution in [1.29, 1.82) is 0 Å². The van der Waals surface area contributed by atoms with Gasteiger partial charge in [0.25, 0.3) is 0 Å². The van der Waals surface area contributed by atoms with Crippen molar-refractivity contribution < 1.29 is 32.6 Å². The molecule has 0 unspecified atom stereocenters. The minimum Gasteiger partial charge on any atom is -0.481 e. The van der Waals surface area contributed by atoms with Crippen LogP contribution in [0.1, 0.15) is 50.8 Å². The summed E-state index contributed by atoms with van der Waals surface area (Å²) < 4.78 is 44.2. The molecule has 2 rings (SSSR count). The molecule has 0 aliphatic carbocycles. The lowest BCUT2D eigenvalue weighted by atomic mass is 9.97. The maximum Gasteiger partial charge on any atom is 0.305 e. The Morgan fingerprint density at radius 3 is 2.37 bits per heavy atom.